The van der Waals surface area contributed by atoms with Gasteiger partial charge in [-0.1, -0.05) is 47.1 Å². The minimum Gasteiger partial charge on any atom is -0.324 e. The van der Waals surface area contributed by atoms with Crippen LogP contribution >= 0.6 is 35.0 Å². The number of hydrogen-bond acceptors (Lipinski definition) is 7. The Hall–Kier alpha value is -2.37. The van der Waals surface area contributed by atoms with E-state index in [1.807, 2.05) is 18.2 Å². The smallest absolute Gasteiger partial charge is 0.263 e. The summed E-state index contributed by atoms with van der Waals surface area (Å²) in [7, 11) is -3.26. The number of thioether (sulfide) groups is 1. The van der Waals surface area contributed by atoms with Gasteiger partial charge in [0.15, 0.2) is 0 Å². The van der Waals surface area contributed by atoms with Crippen LogP contribution in [-0.4, -0.2) is 42.5 Å². The number of benzene rings is 2. The van der Waals surface area contributed by atoms with Gasteiger partial charge in [0.05, 0.1) is 33.4 Å². The van der Waals surface area contributed by atoms with E-state index in [2.05, 4.69) is 20.0 Å². The zero-order valence-corrected chi connectivity index (χ0v) is 21.7. The molecule has 1 atom stereocenters. The first kappa shape index (κ1) is 24.3. The Kier molecular flexibility index (Phi) is 6.67. The molecule has 1 aliphatic heterocycles. The molecule has 1 unspecified atom stereocenters. The minimum absolute atomic E-state index is 0.121. The van der Waals surface area contributed by atoms with Crippen molar-refractivity contribution in [2.45, 2.75) is 30.3 Å². The number of halogens is 2. The van der Waals surface area contributed by atoms with E-state index in [-0.39, 0.29) is 11.9 Å². The third-order valence-electron chi connectivity index (χ3n) is 5.84. The Morgan fingerprint density at radius 2 is 1.91 bits per heavy atom. The molecule has 1 aliphatic carbocycles. The lowest BCUT2D eigenvalue weighted by atomic mass is 9.88. The van der Waals surface area contributed by atoms with Crippen LogP contribution in [0.1, 0.15) is 27.9 Å². The zero-order valence-electron chi connectivity index (χ0n) is 18.6. The van der Waals surface area contributed by atoms with Gasteiger partial charge in [-0.2, -0.15) is 0 Å². The summed E-state index contributed by atoms with van der Waals surface area (Å²) in [5.41, 5.74) is 3.92. The maximum atomic E-state index is 13.1. The summed E-state index contributed by atoms with van der Waals surface area (Å²) >= 11 is 14.0. The van der Waals surface area contributed by atoms with Gasteiger partial charge in [0.1, 0.15) is 5.03 Å². The van der Waals surface area contributed by atoms with Gasteiger partial charge in [0, 0.05) is 17.9 Å². The molecule has 0 radical (unpaired) electrons. The number of para-hydroxylation sites is 1. The van der Waals surface area contributed by atoms with Crippen molar-refractivity contribution >= 4 is 68.2 Å². The number of hydrogen-bond donors (Lipinski definition) is 2. The molecule has 1 amide bonds. The van der Waals surface area contributed by atoms with Crippen LogP contribution in [0.15, 0.2) is 47.6 Å². The first-order valence-corrected chi connectivity index (χ1v) is 14.4. The quantitative estimate of drug-likeness (QED) is 0.446. The van der Waals surface area contributed by atoms with Gasteiger partial charge in [0.2, 0.25) is 16.0 Å². The molecule has 12 heteroatoms. The Morgan fingerprint density at radius 1 is 1.14 bits per heavy atom. The summed E-state index contributed by atoms with van der Waals surface area (Å²) in [5.74, 6) is 0.424. The lowest BCUT2D eigenvalue weighted by Crippen LogP contribution is -2.38. The molecule has 2 N–H and O–H groups in total. The molecule has 1 aromatic heterocycles. The second-order valence-electron chi connectivity index (χ2n) is 8.43. The van der Waals surface area contributed by atoms with Gasteiger partial charge in [-0.05, 0) is 54.7 Å². The van der Waals surface area contributed by atoms with E-state index in [0.717, 1.165) is 24.1 Å². The van der Waals surface area contributed by atoms with E-state index in [1.165, 1.54) is 34.7 Å². The highest BCUT2D eigenvalue weighted by Gasteiger charge is 2.30. The summed E-state index contributed by atoms with van der Waals surface area (Å²) in [5, 5.41) is 4.57. The third-order valence-corrected chi connectivity index (χ3v) is 8.18. The maximum absolute atomic E-state index is 13.1. The van der Waals surface area contributed by atoms with Crippen LogP contribution < -0.4 is 14.9 Å². The Labute approximate surface area is 217 Å². The Balaban J connectivity index is 1.34. The summed E-state index contributed by atoms with van der Waals surface area (Å²) in [6.45, 7) is 0. The molecule has 0 bridgehead atoms. The van der Waals surface area contributed by atoms with Gasteiger partial charge < -0.3 is 5.32 Å². The monoisotopic (exact) mass is 549 g/mol. The van der Waals surface area contributed by atoms with E-state index < -0.39 is 10.0 Å². The van der Waals surface area contributed by atoms with Crippen molar-refractivity contribution in [1.82, 2.24) is 14.7 Å². The largest absolute Gasteiger partial charge is 0.324 e. The van der Waals surface area contributed by atoms with Crippen LogP contribution in [0, 0.1) is 0 Å². The van der Waals surface area contributed by atoms with Crippen LogP contribution in [0.25, 0.3) is 0 Å². The first-order valence-electron chi connectivity index (χ1n) is 10.8. The molecule has 8 nitrogen and oxygen atoms in total. The third kappa shape index (κ3) is 5.26. The second-order valence-corrected chi connectivity index (χ2v) is 12.0. The molecule has 182 valence electrons. The number of anilines is 3. The fourth-order valence-electron chi connectivity index (χ4n) is 4.29. The molecule has 5 rings (SSSR count). The van der Waals surface area contributed by atoms with Crippen molar-refractivity contribution in [1.29, 1.82) is 0 Å². The molecule has 2 heterocycles. The highest BCUT2D eigenvalue weighted by atomic mass is 35.5. The van der Waals surface area contributed by atoms with Crippen LogP contribution in [0.4, 0.5) is 17.3 Å². The van der Waals surface area contributed by atoms with Crippen molar-refractivity contribution in [3.63, 3.8) is 0 Å². The number of carbonyl (C=O) groups is 1. The second kappa shape index (κ2) is 9.59. The van der Waals surface area contributed by atoms with E-state index in [1.54, 1.807) is 18.2 Å². The predicted molar refractivity (Wildman–Crippen MR) is 140 cm³/mol. The van der Waals surface area contributed by atoms with Crippen molar-refractivity contribution in [3.05, 3.63) is 69.3 Å². The highest BCUT2D eigenvalue weighted by Crippen LogP contribution is 2.39. The number of sulfonamides is 1. The molecule has 0 saturated heterocycles. The molecule has 2 aromatic carbocycles. The molecular formula is C23H21Cl2N5O3S2. The zero-order chi connectivity index (χ0) is 24.7. The Morgan fingerprint density at radius 3 is 2.66 bits per heavy atom. The van der Waals surface area contributed by atoms with E-state index in [4.69, 9.17) is 23.2 Å². The molecule has 0 spiro atoms. The Bertz CT molecular complexity index is 1410. The van der Waals surface area contributed by atoms with Crippen LogP contribution in [0.2, 0.25) is 10.0 Å². The van der Waals surface area contributed by atoms with Gasteiger partial charge >= 0.3 is 0 Å². The van der Waals surface area contributed by atoms with Crippen LogP contribution in [0.5, 0.6) is 0 Å². The van der Waals surface area contributed by atoms with E-state index in [0.29, 0.717) is 44.6 Å². The summed E-state index contributed by atoms with van der Waals surface area (Å²) in [6, 6.07) is 11.0. The van der Waals surface area contributed by atoms with Crippen LogP contribution in [-0.2, 0) is 22.9 Å². The number of rotatable bonds is 5. The van der Waals surface area contributed by atoms with E-state index >= 15 is 0 Å². The van der Waals surface area contributed by atoms with Gasteiger partial charge in [-0.3, -0.25) is 9.69 Å². The average molecular weight is 550 g/mol. The number of nitrogens with zero attached hydrogens (tertiary/aromatic N) is 3. The number of nitrogens with one attached hydrogen (secondary N) is 2. The number of aromatic nitrogens is 2. The molecular weight excluding hydrogens is 529 g/mol. The lowest BCUT2D eigenvalue weighted by molar-refractivity contribution is 0.0985. The normalized spacial score (nSPS) is 17.6. The SMILES string of the molecule is CS(=O)(=O)NC1CCc2ccc(Nc3ncc4c(n3)SCN(c3c(Cl)cccc3Cl)C4=O)cc2C1. The first-order chi connectivity index (χ1) is 16.7. The number of amides is 1. The molecule has 0 fully saturated rings. The number of fused-ring (bicyclic) bond motifs is 2. The standard InChI is InChI=1S/C23H21Cl2N5O3S2/c1-35(32,33)29-16-8-6-13-5-7-15(9-14(13)10-16)27-23-26-11-17-21(28-23)34-12-30(22(17)31)20-18(24)3-2-4-19(20)25/h2-5,7,9,11,16,29H,6,8,10,12H2,1H3,(H,26,27,28). The van der Waals surface area contributed by atoms with Crippen molar-refractivity contribution in [3.8, 4) is 0 Å². The molecule has 2 aliphatic rings. The highest BCUT2D eigenvalue weighted by molar-refractivity contribution is 7.99. The van der Waals surface area contributed by atoms with E-state index in [9.17, 15) is 13.2 Å². The van der Waals surface area contributed by atoms with Gasteiger partial charge in [-0.25, -0.2) is 23.1 Å². The predicted octanol–water partition coefficient (Wildman–Crippen LogP) is 4.64. The fourth-order valence-corrected chi connectivity index (χ4v) is 6.65. The van der Waals surface area contributed by atoms with Crippen molar-refractivity contribution < 1.29 is 13.2 Å². The molecule has 35 heavy (non-hydrogen) atoms. The number of aryl methyl sites for hydroxylation is 1. The fraction of sp³-hybridized carbons (Fsp3) is 0.261. The lowest BCUT2D eigenvalue weighted by Gasteiger charge is -2.28. The summed E-state index contributed by atoms with van der Waals surface area (Å²) in [6.07, 6.45) is 4.87. The topological polar surface area (TPSA) is 104 Å². The molecule has 0 saturated carbocycles. The summed E-state index contributed by atoms with van der Waals surface area (Å²) < 4.78 is 25.9. The molecule has 3 aromatic rings. The maximum Gasteiger partial charge on any atom is 0.263 e. The van der Waals surface area contributed by atoms with Gasteiger partial charge in [-0.15, -0.1) is 0 Å². The van der Waals surface area contributed by atoms with Gasteiger partial charge in [0.25, 0.3) is 5.91 Å². The van der Waals surface area contributed by atoms with Crippen molar-refractivity contribution in [2.75, 3.05) is 22.3 Å². The minimum atomic E-state index is -3.26. The summed E-state index contributed by atoms with van der Waals surface area (Å²) in [4.78, 5) is 23.5. The van der Waals surface area contributed by atoms with Crippen molar-refractivity contribution in [2.24, 2.45) is 0 Å². The van der Waals surface area contributed by atoms with Crippen LogP contribution in [0.3, 0.4) is 0 Å². The number of carbonyl (C=O) groups excluding carboxylic acids is 1. The average Bonchev–Trinajstić information content (AvgIpc) is 2.79.